The Bertz CT molecular complexity index is 886. The van der Waals surface area contributed by atoms with Gasteiger partial charge in [0.05, 0.1) is 5.69 Å². The van der Waals surface area contributed by atoms with Gasteiger partial charge in [-0.15, -0.1) is 0 Å². The van der Waals surface area contributed by atoms with Crippen LogP contribution >= 0.6 is 0 Å². The van der Waals surface area contributed by atoms with Crippen molar-refractivity contribution in [1.82, 2.24) is 20.1 Å². The molecular formula is C14H10N4O4. The molecular weight excluding hydrogens is 288 g/mol. The van der Waals surface area contributed by atoms with Gasteiger partial charge in [-0.25, -0.2) is 14.8 Å². The molecule has 2 aromatic heterocycles. The Labute approximate surface area is 123 Å². The number of aromatic nitrogens is 4. The third-order valence-electron chi connectivity index (χ3n) is 3.19. The molecule has 0 saturated carbocycles. The standard InChI is InChI=1S/C14H10N4O4/c19-14-17-13(18-22-14)10-6-9(15-7-16-10)8-1-2-11-12(5-8)21-4-3-20-11/h1-2,5-7H,3-4H2,(H,17,18,19). The van der Waals surface area contributed by atoms with Gasteiger partial charge in [-0.3, -0.25) is 9.51 Å². The predicted molar refractivity (Wildman–Crippen MR) is 74.6 cm³/mol. The smallest absolute Gasteiger partial charge is 0.439 e. The predicted octanol–water partition coefficient (Wildman–Crippen LogP) is 1.26. The molecule has 0 radical (unpaired) electrons. The van der Waals surface area contributed by atoms with Gasteiger partial charge in [0, 0.05) is 5.56 Å². The minimum Gasteiger partial charge on any atom is -0.486 e. The van der Waals surface area contributed by atoms with Gasteiger partial charge in [-0.05, 0) is 24.3 Å². The van der Waals surface area contributed by atoms with Crippen LogP contribution < -0.4 is 15.2 Å². The molecule has 0 saturated heterocycles. The number of benzene rings is 1. The average Bonchev–Trinajstić information content (AvgIpc) is 3.01. The van der Waals surface area contributed by atoms with Crippen LogP contribution in [0.25, 0.3) is 22.8 Å². The Morgan fingerprint density at radius 3 is 2.64 bits per heavy atom. The molecule has 22 heavy (non-hydrogen) atoms. The van der Waals surface area contributed by atoms with Crippen LogP contribution in [0, 0.1) is 0 Å². The summed E-state index contributed by atoms with van der Waals surface area (Å²) in [5, 5.41) is 3.61. The second-order valence-corrected chi connectivity index (χ2v) is 4.59. The largest absolute Gasteiger partial charge is 0.486 e. The van der Waals surface area contributed by atoms with Crippen LogP contribution in [0.1, 0.15) is 0 Å². The van der Waals surface area contributed by atoms with Crippen molar-refractivity contribution in [3.05, 3.63) is 41.1 Å². The molecule has 8 heteroatoms. The van der Waals surface area contributed by atoms with Gasteiger partial charge < -0.3 is 9.47 Å². The lowest BCUT2D eigenvalue weighted by Gasteiger charge is -2.18. The highest BCUT2D eigenvalue weighted by atomic mass is 16.6. The maximum absolute atomic E-state index is 11.0. The summed E-state index contributed by atoms with van der Waals surface area (Å²) in [4.78, 5) is 21.8. The fraction of sp³-hybridized carbons (Fsp3) is 0.143. The molecule has 0 bridgehead atoms. The van der Waals surface area contributed by atoms with Gasteiger partial charge in [0.15, 0.2) is 11.5 Å². The van der Waals surface area contributed by atoms with Crippen molar-refractivity contribution >= 4 is 0 Å². The van der Waals surface area contributed by atoms with Crippen LogP contribution in [0.5, 0.6) is 11.5 Å². The van der Waals surface area contributed by atoms with Crippen LogP contribution in [0.2, 0.25) is 0 Å². The second kappa shape index (κ2) is 4.99. The van der Waals surface area contributed by atoms with E-state index in [1.54, 1.807) is 6.07 Å². The number of hydrogen-bond donors (Lipinski definition) is 1. The van der Waals surface area contributed by atoms with Gasteiger partial charge in [0.2, 0.25) is 5.82 Å². The zero-order valence-corrected chi connectivity index (χ0v) is 11.3. The molecule has 110 valence electrons. The van der Waals surface area contributed by atoms with Gasteiger partial charge in [0.25, 0.3) is 0 Å². The lowest BCUT2D eigenvalue weighted by Crippen LogP contribution is -2.15. The van der Waals surface area contributed by atoms with E-state index in [4.69, 9.17) is 9.47 Å². The number of H-pyrrole nitrogens is 1. The van der Waals surface area contributed by atoms with Gasteiger partial charge in [-0.1, -0.05) is 5.16 Å². The quantitative estimate of drug-likeness (QED) is 0.759. The first kappa shape index (κ1) is 12.6. The first-order valence-electron chi connectivity index (χ1n) is 6.58. The van der Waals surface area contributed by atoms with E-state index in [2.05, 4.69) is 24.6 Å². The Hall–Kier alpha value is -3.16. The Kier molecular flexibility index (Phi) is 2.85. The van der Waals surface area contributed by atoms with Gasteiger partial charge >= 0.3 is 5.76 Å². The summed E-state index contributed by atoms with van der Waals surface area (Å²) in [7, 11) is 0. The summed E-state index contributed by atoms with van der Waals surface area (Å²) in [5.41, 5.74) is 1.98. The zero-order chi connectivity index (χ0) is 14.9. The van der Waals surface area contributed by atoms with Crippen LogP contribution in [0.4, 0.5) is 0 Å². The van der Waals surface area contributed by atoms with Crippen LogP contribution in [-0.2, 0) is 0 Å². The van der Waals surface area contributed by atoms with Gasteiger partial charge in [-0.2, -0.15) is 0 Å². The van der Waals surface area contributed by atoms with E-state index in [1.165, 1.54) is 6.33 Å². The number of hydrogen-bond acceptors (Lipinski definition) is 7. The molecule has 1 aliphatic rings. The van der Waals surface area contributed by atoms with E-state index >= 15 is 0 Å². The monoisotopic (exact) mass is 298 g/mol. The maximum atomic E-state index is 11.0. The van der Waals surface area contributed by atoms with Crippen LogP contribution in [0.3, 0.4) is 0 Å². The SMILES string of the molecule is O=c1[nH]c(-c2cc(-c3ccc4c(c3)OCCO4)ncn2)no1. The molecule has 0 aliphatic carbocycles. The highest BCUT2D eigenvalue weighted by Crippen LogP contribution is 2.34. The molecule has 1 aromatic carbocycles. The Balaban J connectivity index is 1.75. The van der Waals surface area contributed by atoms with Crippen molar-refractivity contribution in [3.8, 4) is 34.3 Å². The number of nitrogens with zero attached hydrogens (tertiary/aromatic N) is 3. The summed E-state index contributed by atoms with van der Waals surface area (Å²) < 4.78 is 15.5. The van der Waals surface area contributed by atoms with E-state index in [0.29, 0.717) is 36.1 Å². The lowest BCUT2D eigenvalue weighted by atomic mass is 10.1. The fourth-order valence-corrected chi connectivity index (χ4v) is 2.19. The van der Waals surface area contributed by atoms with Crippen molar-refractivity contribution in [3.63, 3.8) is 0 Å². The minimum absolute atomic E-state index is 0.256. The molecule has 4 rings (SSSR count). The normalized spacial score (nSPS) is 13.1. The number of nitrogens with one attached hydrogen (secondary N) is 1. The average molecular weight is 298 g/mol. The summed E-state index contributed by atoms with van der Waals surface area (Å²) in [6.07, 6.45) is 1.40. The van der Waals surface area contributed by atoms with Crippen molar-refractivity contribution in [2.24, 2.45) is 0 Å². The topological polar surface area (TPSA) is 103 Å². The molecule has 3 aromatic rings. The first-order chi connectivity index (χ1) is 10.8. The molecule has 0 atom stereocenters. The molecule has 0 amide bonds. The fourth-order valence-electron chi connectivity index (χ4n) is 2.19. The van der Waals surface area contributed by atoms with E-state index in [1.807, 2.05) is 18.2 Å². The second-order valence-electron chi connectivity index (χ2n) is 4.59. The third-order valence-corrected chi connectivity index (χ3v) is 3.19. The molecule has 8 nitrogen and oxygen atoms in total. The van der Waals surface area contributed by atoms with Crippen molar-refractivity contribution in [1.29, 1.82) is 0 Å². The number of rotatable bonds is 2. The number of fused-ring (bicyclic) bond motifs is 1. The minimum atomic E-state index is -0.630. The molecule has 0 spiro atoms. The number of ether oxygens (including phenoxy) is 2. The van der Waals surface area contributed by atoms with Crippen molar-refractivity contribution < 1.29 is 14.0 Å². The Morgan fingerprint density at radius 1 is 1.00 bits per heavy atom. The zero-order valence-electron chi connectivity index (χ0n) is 11.3. The first-order valence-corrected chi connectivity index (χ1v) is 6.58. The van der Waals surface area contributed by atoms with E-state index in [-0.39, 0.29) is 5.82 Å². The molecule has 3 heterocycles. The Morgan fingerprint density at radius 2 is 1.82 bits per heavy atom. The number of aromatic amines is 1. The van der Waals surface area contributed by atoms with Crippen molar-refractivity contribution in [2.75, 3.05) is 13.2 Å². The summed E-state index contributed by atoms with van der Waals surface area (Å²) in [6.45, 7) is 1.06. The highest BCUT2D eigenvalue weighted by molar-refractivity contribution is 5.67. The summed E-state index contributed by atoms with van der Waals surface area (Å²) in [6, 6.07) is 7.28. The van der Waals surface area contributed by atoms with E-state index in [9.17, 15) is 4.79 Å². The van der Waals surface area contributed by atoms with Crippen LogP contribution in [0.15, 0.2) is 39.9 Å². The van der Waals surface area contributed by atoms with Crippen LogP contribution in [-0.4, -0.2) is 33.3 Å². The van der Waals surface area contributed by atoms with Gasteiger partial charge in [0.1, 0.15) is 25.2 Å². The molecule has 0 fully saturated rings. The molecule has 0 unspecified atom stereocenters. The van der Waals surface area contributed by atoms with Crippen molar-refractivity contribution in [2.45, 2.75) is 0 Å². The third kappa shape index (κ3) is 2.20. The lowest BCUT2D eigenvalue weighted by molar-refractivity contribution is 0.171. The highest BCUT2D eigenvalue weighted by Gasteiger charge is 2.14. The summed E-state index contributed by atoms with van der Waals surface area (Å²) >= 11 is 0. The maximum Gasteiger partial charge on any atom is 0.439 e. The molecule has 1 N–H and O–H groups in total. The molecule has 1 aliphatic heterocycles. The summed E-state index contributed by atoms with van der Waals surface area (Å²) in [5.74, 6) is 1.02. The van der Waals surface area contributed by atoms with E-state index in [0.717, 1.165) is 5.56 Å². The van der Waals surface area contributed by atoms with E-state index < -0.39 is 5.76 Å².